The van der Waals surface area contributed by atoms with Crippen LogP contribution in [0, 0.1) is 5.92 Å². The number of rotatable bonds is 7. The normalized spacial score (nSPS) is 19.6. The lowest BCUT2D eigenvalue weighted by atomic mass is 9.96. The number of carbonyl (C=O) groups is 2. The van der Waals surface area contributed by atoms with E-state index in [0.717, 1.165) is 45.1 Å². The standard InChI is InChI=1S/C15H27NO2/c1-4-7-13(8-5-2)15(18)16-10-6-9-14(16)11-12(3)17/h13-14H,4-11H2,1-3H3. The van der Waals surface area contributed by atoms with Crippen LogP contribution in [0.5, 0.6) is 0 Å². The van der Waals surface area contributed by atoms with Crippen LogP contribution in [0.4, 0.5) is 0 Å². The van der Waals surface area contributed by atoms with Crippen molar-refractivity contribution in [2.75, 3.05) is 6.54 Å². The Hall–Kier alpha value is -0.860. The third-order valence-electron chi connectivity index (χ3n) is 3.81. The zero-order chi connectivity index (χ0) is 13.5. The van der Waals surface area contributed by atoms with Gasteiger partial charge in [-0.15, -0.1) is 0 Å². The van der Waals surface area contributed by atoms with Crippen molar-refractivity contribution >= 4 is 11.7 Å². The lowest BCUT2D eigenvalue weighted by Crippen LogP contribution is -2.40. The maximum absolute atomic E-state index is 12.5. The summed E-state index contributed by atoms with van der Waals surface area (Å²) in [6.07, 6.45) is 6.66. The highest BCUT2D eigenvalue weighted by atomic mass is 16.2. The van der Waals surface area contributed by atoms with Crippen LogP contribution < -0.4 is 0 Å². The highest BCUT2D eigenvalue weighted by Gasteiger charge is 2.32. The molecule has 1 aliphatic heterocycles. The van der Waals surface area contributed by atoms with Gasteiger partial charge in [0.05, 0.1) is 0 Å². The first-order valence-electron chi connectivity index (χ1n) is 7.40. The summed E-state index contributed by atoms with van der Waals surface area (Å²) < 4.78 is 0. The van der Waals surface area contributed by atoms with Gasteiger partial charge in [-0.3, -0.25) is 9.59 Å². The van der Waals surface area contributed by atoms with Gasteiger partial charge in [0.1, 0.15) is 5.78 Å². The number of Topliss-reactive ketones (excluding diaryl/α,β-unsaturated/α-hetero) is 1. The Bertz CT molecular complexity index is 282. The summed E-state index contributed by atoms with van der Waals surface area (Å²) in [6, 6.07) is 0.172. The van der Waals surface area contributed by atoms with Crippen molar-refractivity contribution in [3.05, 3.63) is 0 Å². The number of hydrogen-bond acceptors (Lipinski definition) is 2. The molecule has 1 unspecified atom stereocenters. The topological polar surface area (TPSA) is 37.4 Å². The van der Waals surface area contributed by atoms with E-state index in [-0.39, 0.29) is 17.7 Å². The quantitative estimate of drug-likeness (QED) is 0.699. The first kappa shape index (κ1) is 15.2. The van der Waals surface area contributed by atoms with E-state index >= 15 is 0 Å². The van der Waals surface area contributed by atoms with Crippen LogP contribution in [0.25, 0.3) is 0 Å². The van der Waals surface area contributed by atoms with Gasteiger partial charge in [0.15, 0.2) is 0 Å². The Morgan fingerprint density at radius 1 is 1.22 bits per heavy atom. The van der Waals surface area contributed by atoms with Crippen LogP contribution in [-0.4, -0.2) is 29.2 Å². The maximum Gasteiger partial charge on any atom is 0.225 e. The number of hydrogen-bond donors (Lipinski definition) is 0. The van der Waals surface area contributed by atoms with Crippen LogP contribution in [0.1, 0.15) is 65.7 Å². The van der Waals surface area contributed by atoms with Crippen LogP contribution in [-0.2, 0) is 9.59 Å². The van der Waals surface area contributed by atoms with Crippen molar-refractivity contribution in [1.82, 2.24) is 4.90 Å². The van der Waals surface area contributed by atoms with Crippen LogP contribution in [0.3, 0.4) is 0 Å². The minimum Gasteiger partial charge on any atom is -0.339 e. The number of nitrogens with zero attached hydrogens (tertiary/aromatic N) is 1. The summed E-state index contributed by atoms with van der Waals surface area (Å²) in [7, 11) is 0. The molecule has 18 heavy (non-hydrogen) atoms. The molecule has 0 aromatic heterocycles. The Labute approximate surface area is 111 Å². The molecule has 1 aliphatic rings. The van der Waals surface area contributed by atoms with Gasteiger partial charge in [-0.05, 0) is 32.6 Å². The highest BCUT2D eigenvalue weighted by Crippen LogP contribution is 2.25. The molecule has 1 atom stereocenters. The second-order valence-corrected chi connectivity index (χ2v) is 5.51. The molecule has 0 radical (unpaired) electrons. The SMILES string of the molecule is CCCC(CCC)C(=O)N1CCCC1CC(C)=O. The predicted molar refractivity (Wildman–Crippen MR) is 73.3 cm³/mol. The van der Waals surface area contributed by atoms with Crippen molar-refractivity contribution in [3.63, 3.8) is 0 Å². The number of carbonyl (C=O) groups excluding carboxylic acids is 2. The zero-order valence-corrected chi connectivity index (χ0v) is 12.1. The van der Waals surface area contributed by atoms with Gasteiger partial charge in [0, 0.05) is 24.9 Å². The van der Waals surface area contributed by atoms with Crippen LogP contribution >= 0.6 is 0 Å². The summed E-state index contributed by atoms with van der Waals surface area (Å²) in [5, 5.41) is 0. The molecule has 3 heteroatoms. The van der Waals surface area contributed by atoms with Crippen molar-refractivity contribution < 1.29 is 9.59 Å². The molecule has 0 saturated carbocycles. The Morgan fingerprint density at radius 3 is 2.33 bits per heavy atom. The number of amides is 1. The van der Waals surface area contributed by atoms with E-state index in [1.807, 2.05) is 4.90 Å². The summed E-state index contributed by atoms with van der Waals surface area (Å²) in [4.78, 5) is 25.8. The van der Waals surface area contributed by atoms with Crippen molar-refractivity contribution in [1.29, 1.82) is 0 Å². The fraction of sp³-hybridized carbons (Fsp3) is 0.867. The first-order valence-corrected chi connectivity index (χ1v) is 7.40. The summed E-state index contributed by atoms with van der Waals surface area (Å²) in [6.45, 7) is 6.73. The average molecular weight is 253 g/mol. The molecule has 3 nitrogen and oxygen atoms in total. The van der Waals surface area contributed by atoms with E-state index < -0.39 is 0 Å². The molecule has 0 spiro atoms. The fourth-order valence-corrected chi connectivity index (χ4v) is 2.99. The van der Waals surface area contributed by atoms with Gasteiger partial charge < -0.3 is 4.90 Å². The summed E-state index contributed by atoms with van der Waals surface area (Å²) >= 11 is 0. The first-order chi connectivity index (χ1) is 8.60. The summed E-state index contributed by atoms with van der Waals surface area (Å²) in [5.41, 5.74) is 0. The Balaban J connectivity index is 2.64. The smallest absolute Gasteiger partial charge is 0.225 e. The average Bonchev–Trinajstić information content (AvgIpc) is 2.75. The molecule has 1 heterocycles. The minimum atomic E-state index is 0.172. The molecule has 0 aromatic carbocycles. The van der Waals surface area contributed by atoms with Gasteiger partial charge in [-0.25, -0.2) is 0 Å². The van der Waals surface area contributed by atoms with E-state index in [1.54, 1.807) is 6.92 Å². The Kier molecular flexibility index (Phi) is 6.37. The molecular weight excluding hydrogens is 226 g/mol. The van der Waals surface area contributed by atoms with Gasteiger partial charge >= 0.3 is 0 Å². The van der Waals surface area contributed by atoms with Crippen LogP contribution in [0.15, 0.2) is 0 Å². The van der Waals surface area contributed by atoms with Crippen LogP contribution in [0.2, 0.25) is 0 Å². The second-order valence-electron chi connectivity index (χ2n) is 5.51. The largest absolute Gasteiger partial charge is 0.339 e. The second kappa shape index (κ2) is 7.55. The van der Waals surface area contributed by atoms with Crippen molar-refractivity contribution in [2.24, 2.45) is 5.92 Å². The molecule has 1 amide bonds. The maximum atomic E-state index is 12.5. The number of ketones is 1. The van der Waals surface area contributed by atoms with Gasteiger partial charge in [-0.2, -0.15) is 0 Å². The molecule has 104 valence electrons. The molecule has 1 saturated heterocycles. The Morgan fingerprint density at radius 2 is 1.83 bits per heavy atom. The van der Waals surface area contributed by atoms with Gasteiger partial charge in [-0.1, -0.05) is 26.7 Å². The van der Waals surface area contributed by atoms with E-state index in [4.69, 9.17) is 0 Å². The molecule has 1 rings (SSSR count). The minimum absolute atomic E-state index is 0.172. The molecular formula is C15H27NO2. The predicted octanol–water partition coefficient (Wildman–Crippen LogP) is 3.17. The third kappa shape index (κ3) is 4.11. The third-order valence-corrected chi connectivity index (χ3v) is 3.81. The highest BCUT2D eigenvalue weighted by molar-refractivity contribution is 5.81. The monoisotopic (exact) mass is 253 g/mol. The summed E-state index contributed by atoms with van der Waals surface area (Å²) in [5.74, 6) is 0.664. The van der Waals surface area contributed by atoms with E-state index in [1.165, 1.54) is 0 Å². The molecule has 0 bridgehead atoms. The molecule has 0 N–H and O–H groups in total. The molecule has 0 aromatic rings. The molecule has 1 fully saturated rings. The van der Waals surface area contributed by atoms with Gasteiger partial charge in [0.2, 0.25) is 5.91 Å². The zero-order valence-electron chi connectivity index (χ0n) is 12.1. The van der Waals surface area contributed by atoms with Crippen molar-refractivity contribution in [2.45, 2.75) is 71.8 Å². The van der Waals surface area contributed by atoms with E-state index in [0.29, 0.717) is 12.3 Å². The lowest BCUT2D eigenvalue weighted by Gasteiger charge is -2.28. The van der Waals surface area contributed by atoms with Gasteiger partial charge in [0.25, 0.3) is 0 Å². The number of likely N-dealkylation sites (tertiary alicyclic amines) is 1. The van der Waals surface area contributed by atoms with E-state index in [9.17, 15) is 9.59 Å². The lowest BCUT2D eigenvalue weighted by molar-refractivity contribution is -0.137. The fourth-order valence-electron chi connectivity index (χ4n) is 2.99. The van der Waals surface area contributed by atoms with Crippen molar-refractivity contribution in [3.8, 4) is 0 Å². The van der Waals surface area contributed by atoms with E-state index in [2.05, 4.69) is 13.8 Å². The molecule has 0 aliphatic carbocycles.